The summed E-state index contributed by atoms with van der Waals surface area (Å²) < 4.78 is 0. The minimum atomic E-state index is -0.182. The van der Waals surface area contributed by atoms with Crippen molar-refractivity contribution in [2.75, 3.05) is 0 Å². The van der Waals surface area contributed by atoms with Crippen molar-refractivity contribution in [3.63, 3.8) is 0 Å². The Bertz CT molecular complexity index is 142. The molecule has 1 heteroatoms. The molecule has 0 bridgehead atoms. The van der Waals surface area contributed by atoms with Crippen molar-refractivity contribution in [1.82, 2.24) is 0 Å². The van der Waals surface area contributed by atoms with Gasteiger partial charge >= 0.3 is 0 Å². The summed E-state index contributed by atoms with van der Waals surface area (Å²) in [5, 5.41) is 9.69. The Kier molecular flexibility index (Phi) is 10.0. The third-order valence-corrected chi connectivity index (χ3v) is 3.08. The van der Waals surface area contributed by atoms with E-state index >= 15 is 0 Å². The summed E-state index contributed by atoms with van der Waals surface area (Å²) in [6.45, 7) is 7.97. The van der Waals surface area contributed by atoms with Crippen LogP contribution in [-0.2, 0) is 0 Å². The molecular weight excluding hydrogens is 184 g/mol. The second-order valence-corrected chi connectivity index (χ2v) is 4.57. The largest absolute Gasteiger partial charge is 0.393 e. The molecule has 90 valence electrons. The van der Waals surface area contributed by atoms with Gasteiger partial charge in [0.25, 0.3) is 0 Å². The van der Waals surface area contributed by atoms with E-state index in [0.717, 1.165) is 12.8 Å². The Morgan fingerprint density at radius 2 is 1.60 bits per heavy atom. The topological polar surface area (TPSA) is 20.2 Å². The molecule has 0 fully saturated rings. The predicted molar refractivity (Wildman–Crippen MR) is 68.0 cm³/mol. The molecule has 1 N–H and O–H groups in total. The van der Waals surface area contributed by atoms with Crippen molar-refractivity contribution in [2.24, 2.45) is 5.92 Å². The molecule has 0 aromatic carbocycles. The average Bonchev–Trinajstić information content (AvgIpc) is 2.26. The highest BCUT2D eigenvalue weighted by atomic mass is 16.3. The fourth-order valence-electron chi connectivity index (χ4n) is 1.73. The highest BCUT2D eigenvalue weighted by Crippen LogP contribution is 2.14. The van der Waals surface area contributed by atoms with E-state index in [1.807, 2.05) is 13.0 Å². The Hall–Kier alpha value is -0.300. The van der Waals surface area contributed by atoms with Gasteiger partial charge in [-0.1, -0.05) is 64.9 Å². The maximum atomic E-state index is 9.69. The van der Waals surface area contributed by atoms with Crippen LogP contribution in [-0.4, -0.2) is 11.2 Å². The maximum Gasteiger partial charge on any atom is 0.0600 e. The Balaban J connectivity index is 3.19. The minimum Gasteiger partial charge on any atom is -0.393 e. The second kappa shape index (κ2) is 10.2. The molecule has 15 heavy (non-hydrogen) atoms. The van der Waals surface area contributed by atoms with Crippen LogP contribution in [0.3, 0.4) is 0 Å². The van der Waals surface area contributed by atoms with E-state index in [9.17, 15) is 5.11 Å². The van der Waals surface area contributed by atoms with Crippen LogP contribution in [0.15, 0.2) is 12.7 Å². The fraction of sp³-hybridized carbons (Fsp3) is 0.857. The highest BCUT2D eigenvalue weighted by molar-refractivity contribution is 4.80. The second-order valence-electron chi connectivity index (χ2n) is 4.57. The van der Waals surface area contributed by atoms with Crippen molar-refractivity contribution in [3.05, 3.63) is 12.7 Å². The summed E-state index contributed by atoms with van der Waals surface area (Å²) >= 11 is 0. The molecule has 0 aromatic heterocycles. The molecule has 0 radical (unpaired) electrons. The third-order valence-electron chi connectivity index (χ3n) is 3.08. The molecule has 0 aliphatic carbocycles. The zero-order valence-corrected chi connectivity index (χ0v) is 10.5. The van der Waals surface area contributed by atoms with Crippen LogP contribution in [0.2, 0.25) is 0 Å². The average molecular weight is 212 g/mol. The summed E-state index contributed by atoms with van der Waals surface area (Å²) in [6, 6.07) is 0. The first-order valence-electron chi connectivity index (χ1n) is 6.53. The minimum absolute atomic E-state index is 0.182. The first-order chi connectivity index (χ1) is 7.22. The lowest BCUT2D eigenvalue weighted by Gasteiger charge is -2.14. The highest BCUT2D eigenvalue weighted by Gasteiger charge is 2.09. The van der Waals surface area contributed by atoms with Crippen molar-refractivity contribution >= 4 is 0 Å². The zero-order valence-electron chi connectivity index (χ0n) is 10.5. The fourth-order valence-corrected chi connectivity index (χ4v) is 1.73. The molecular formula is C14H28O. The van der Waals surface area contributed by atoms with Gasteiger partial charge in [-0.05, 0) is 12.3 Å². The number of aliphatic hydroxyl groups is 1. The van der Waals surface area contributed by atoms with Crippen molar-refractivity contribution in [1.29, 1.82) is 0 Å². The van der Waals surface area contributed by atoms with Gasteiger partial charge in [0.2, 0.25) is 0 Å². The van der Waals surface area contributed by atoms with Gasteiger partial charge in [0.15, 0.2) is 0 Å². The maximum absolute atomic E-state index is 9.69. The standard InChI is InChI=1S/C14H28O/c1-4-6-7-8-9-10-11-12-14(15)13(3)5-2/h5,13-15H,2,4,6-12H2,1,3H3/t13-,14+/m1/s1. The molecule has 1 nitrogen and oxygen atoms in total. The third kappa shape index (κ3) is 8.68. The normalized spacial score (nSPS) is 14.9. The Morgan fingerprint density at radius 3 is 2.13 bits per heavy atom. The molecule has 0 unspecified atom stereocenters. The summed E-state index contributed by atoms with van der Waals surface area (Å²) in [4.78, 5) is 0. The lowest BCUT2D eigenvalue weighted by molar-refractivity contribution is 0.125. The van der Waals surface area contributed by atoms with Gasteiger partial charge in [0, 0.05) is 0 Å². The van der Waals surface area contributed by atoms with E-state index in [1.54, 1.807) is 0 Å². The number of aliphatic hydroxyl groups excluding tert-OH is 1. The lowest BCUT2D eigenvalue weighted by atomic mass is 9.98. The van der Waals surface area contributed by atoms with Crippen LogP contribution in [0.1, 0.15) is 65.2 Å². The number of unbranched alkanes of at least 4 members (excludes halogenated alkanes) is 6. The van der Waals surface area contributed by atoms with E-state index in [1.165, 1.54) is 38.5 Å². The number of rotatable bonds is 10. The van der Waals surface area contributed by atoms with Crippen LogP contribution >= 0.6 is 0 Å². The smallest absolute Gasteiger partial charge is 0.0600 e. The van der Waals surface area contributed by atoms with Gasteiger partial charge in [-0.3, -0.25) is 0 Å². The molecule has 2 atom stereocenters. The van der Waals surface area contributed by atoms with E-state index in [4.69, 9.17) is 0 Å². The zero-order chi connectivity index (χ0) is 11.5. The Labute approximate surface area is 95.6 Å². The van der Waals surface area contributed by atoms with Gasteiger partial charge in [-0.15, -0.1) is 6.58 Å². The molecule has 0 aliphatic heterocycles. The van der Waals surface area contributed by atoms with Crippen LogP contribution in [0.4, 0.5) is 0 Å². The van der Waals surface area contributed by atoms with Gasteiger partial charge in [-0.25, -0.2) is 0 Å². The molecule has 0 rings (SSSR count). The van der Waals surface area contributed by atoms with E-state index in [0.29, 0.717) is 0 Å². The summed E-state index contributed by atoms with van der Waals surface area (Å²) in [7, 11) is 0. The van der Waals surface area contributed by atoms with Crippen LogP contribution < -0.4 is 0 Å². The predicted octanol–water partition coefficient (Wildman–Crippen LogP) is 4.31. The van der Waals surface area contributed by atoms with Crippen LogP contribution in [0, 0.1) is 5.92 Å². The van der Waals surface area contributed by atoms with Gasteiger partial charge in [0.05, 0.1) is 6.10 Å². The van der Waals surface area contributed by atoms with E-state index in [2.05, 4.69) is 13.5 Å². The molecule has 0 aromatic rings. The molecule has 0 saturated heterocycles. The molecule has 0 spiro atoms. The summed E-state index contributed by atoms with van der Waals surface area (Å²) in [6.07, 6.45) is 11.8. The number of hydrogen-bond acceptors (Lipinski definition) is 1. The van der Waals surface area contributed by atoms with E-state index < -0.39 is 0 Å². The molecule has 0 aliphatic rings. The monoisotopic (exact) mass is 212 g/mol. The first kappa shape index (κ1) is 14.7. The van der Waals surface area contributed by atoms with Gasteiger partial charge < -0.3 is 5.11 Å². The van der Waals surface area contributed by atoms with E-state index in [-0.39, 0.29) is 12.0 Å². The van der Waals surface area contributed by atoms with Crippen molar-refractivity contribution in [3.8, 4) is 0 Å². The van der Waals surface area contributed by atoms with Gasteiger partial charge in [0.1, 0.15) is 0 Å². The van der Waals surface area contributed by atoms with Crippen molar-refractivity contribution < 1.29 is 5.11 Å². The number of hydrogen-bond donors (Lipinski definition) is 1. The molecule has 0 amide bonds. The molecule has 0 heterocycles. The van der Waals surface area contributed by atoms with Crippen LogP contribution in [0.25, 0.3) is 0 Å². The van der Waals surface area contributed by atoms with Crippen molar-refractivity contribution in [2.45, 2.75) is 71.3 Å². The summed E-state index contributed by atoms with van der Waals surface area (Å²) in [5.74, 6) is 0.241. The Morgan fingerprint density at radius 1 is 1.07 bits per heavy atom. The quantitative estimate of drug-likeness (QED) is 0.422. The lowest BCUT2D eigenvalue weighted by Crippen LogP contribution is -2.14. The van der Waals surface area contributed by atoms with Gasteiger partial charge in [-0.2, -0.15) is 0 Å². The summed E-state index contributed by atoms with van der Waals surface area (Å²) in [5.41, 5.74) is 0. The van der Waals surface area contributed by atoms with Crippen LogP contribution in [0.5, 0.6) is 0 Å². The molecule has 0 saturated carbocycles. The first-order valence-corrected chi connectivity index (χ1v) is 6.53. The SMILES string of the molecule is C=C[C@@H](C)[C@@H](O)CCCCCCCCC.